The summed E-state index contributed by atoms with van der Waals surface area (Å²) in [5.41, 5.74) is -0.693. The molecule has 0 rings (SSSR count). The minimum absolute atomic E-state index is 0.174. The lowest BCUT2D eigenvalue weighted by Crippen LogP contribution is -2.50. The Kier molecular flexibility index (Phi) is 7.89. The van der Waals surface area contributed by atoms with Gasteiger partial charge in [-0.1, -0.05) is 6.92 Å². The van der Waals surface area contributed by atoms with Gasteiger partial charge in [-0.15, -0.1) is 0 Å². The molecular weight excluding hydrogens is 274 g/mol. The molecule has 1 atom stereocenters. The fourth-order valence-corrected chi connectivity index (χ4v) is 3.91. The molecular formula is C11H23NO4S2. The number of ether oxygens (including phenoxy) is 1. The van der Waals surface area contributed by atoms with Crippen LogP contribution in [0.25, 0.3) is 0 Å². The van der Waals surface area contributed by atoms with Crippen molar-refractivity contribution in [3.63, 3.8) is 0 Å². The molecule has 0 aliphatic rings. The van der Waals surface area contributed by atoms with E-state index < -0.39 is 15.4 Å². The van der Waals surface area contributed by atoms with E-state index >= 15 is 0 Å². The maximum atomic E-state index is 11.7. The van der Waals surface area contributed by atoms with Crippen LogP contribution in [0.3, 0.4) is 0 Å². The van der Waals surface area contributed by atoms with Gasteiger partial charge in [0.05, 0.1) is 12.9 Å². The second-order valence-electron chi connectivity index (χ2n) is 4.35. The molecule has 0 aromatic rings. The van der Waals surface area contributed by atoms with Gasteiger partial charge in [0, 0.05) is 12.0 Å². The highest BCUT2D eigenvalue weighted by Gasteiger charge is 2.32. The molecule has 0 aliphatic carbocycles. The maximum Gasteiger partial charge on any atom is 0.325 e. The molecule has 0 fully saturated rings. The lowest BCUT2D eigenvalue weighted by Gasteiger charge is -2.27. The van der Waals surface area contributed by atoms with Crippen LogP contribution in [-0.4, -0.2) is 57.1 Å². The summed E-state index contributed by atoms with van der Waals surface area (Å²) in [6.07, 6.45) is 1.84. The number of carbonyl (C=O) groups excluding carboxylic acids is 1. The standard InChI is InChI=1S/C11H23NO4S2/c1-5-12-11(2,10(13)16-3)6-7-17-8-9-18(4,14)15/h12H,5-9H2,1-4H3. The topological polar surface area (TPSA) is 72.5 Å². The molecule has 0 bridgehead atoms. The minimum Gasteiger partial charge on any atom is -0.468 e. The largest absolute Gasteiger partial charge is 0.468 e. The third-order valence-corrected chi connectivity index (χ3v) is 4.74. The summed E-state index contributed by atoms with van der Waals surface area (Å²) in [4.78, 5) is 11.7. The number of hydrogen-bond donors (Lipinski definition) is 1. The third-order valence-electron chi connectivity index (χ3n) is 2.55. The number of likely N-dealkylation sites (N-methyl/N-ethyl adjacent to an activating group) is 1. The molecule has 18 heavy (non-hydrogen) atoms. The van der Waals surface area contributed by atoms with E-state index in [0.717, 1.165) is 0 Å². The Labute approximate surface area is 114 Å². The minimum atomic E-state index is -2.90. The van der Waals surface area contributed by atoms with E-state index in [2.05, 4.69) is 5.32 Å². The number of thioether (sulfide) groups is 1. The van der Waals surface area contributed by atoms with Gasteiger partial charge < -0.3 is 10.1 Å². The molecule has 0 heterocycles. The van der Waals surface area contributed by atoms with Gasteiger partial charge in [-0.3, -0.25) is 4.79 Å². The summed E-state index contributed by atoms with van der Waals surface area (Å²) in [5, 5.41) is 3.11. The van der Waals surface area contributed by atoms with Gasteiger partial charge in [0.2, 0.25) is 0 Å². The van der Waals surface area contributed by atoms with Crippen LogP contribution in [0.15, 0.2) is 0 Å². The Bertz CT molecular complexity index is 356. The van der Waals surface area contributed by atoms with Crippen LogP contribution >= 0.6 is 11.8 Å². The first-order valence-corrected chi connectivity index (χ1v) is 9.05. The molecule has 0 spiro atoms. The second kappa shape index (κ2) is 8.01. The van der Waals surface area contributed by atoms with Crippen LogP contribution in [0.2, 0.25) is 0 Å². The number of hydrogen-bond acceptors (Lipinski definition) is 6. The first kappa shape index (κ1) is 17.7. The van der Waals surface area contributed by atoms with E-state index in [0.29, 0.717) is 24.5 Å². The maximum absolute atomic E-state index is 11.7. The van der Waals surface area contributed by atoms with E-state index in [1.165, 1.54) is 25.1 Å². The quantitative estimate of drug-likeness (QED) is 0.499. The zero-order valence-corrected chi connectivity index (χ0v) is 13.1. The van der Waals surface area contributed by atoms with Gasteiger partial charge in [0.25, 0.3) is 0 Å². The Balaban J connectivity index is 4.09. The SMILES string of the molecule is CCNC(C)(CCSCCS(C)(=O)=O)C(=O)OC. The van der Waals surface area contributed by atoms with Gasteiger partial charge in [0.1, 0.15) is 15.4 Å². The Morgan fingerprint density at radius 1 is 1.39 bits per heavy atom. The number of esters is 1. The normalized spacial score (nSPS) is 15.1. The Morgan fingerprint density at radius 2 is 2.00 bits per heavy atom. The van der Waals surface area contributed by atoms with Crippen molar-refractivity contribution in [2.75, 3.05) is 37.2 Å². The van der Waals surface area contributed by atoms with Gasteiger partial charge in [-0.05, 0) is 25.6 Å². The fraction of sp³-hybridized carbons (Fsp3) is 0.909. The molecule has 5 nitrogen and oxygen atoms in total. The first-order valence-electron chi connectivity index (χ1n) is 5.84. The van der Waals surface area contributed by atoms with E-state index in [-0.39, 0.29) is 11.7 Å². The highest BCUT2D eigenvalue weighted by Crippen LogP contribution is 2.16. The predicted octanol–water partition coefficient (Wildman–Crippen LogP) is 0.695. The van der Waals surface area contributed by atoms with Crippen LogP contribution in [0.4, 0.5) is 0 Å². The van der Waals surface area contributed by atoms with Gasteiger partial charge in [-0.25, -0.2) is 8.42 Å². The number of carbonyl (C=O) groups is 1. The second-order valence-corrected chi connectivity index (χ2v) is 7.83. The first-order chi connectivity index (χ1) is 8.25. The van der Waals surface area contributed by atoms with E-state index in [1.54, 1.807) is 6.92 Å². The molecule has 1 unspecified atom stereocenters. The average molecular weight is 297 g/mol. The summed E-state index contributed by atoms with van der Waals surface area (Å²) in [7, 11) is -1.53. The fourth-order valence-electron chi connectivity index (χ4n) is 1.47. The van der Waals surface area contributed by atoms with Crippen molar-refractivity contribution in [2.24, 2.45) is 0 Å². The van der Waals surface area contributed by atoms with Crippen molar-refractivity contribution in [3.8, 4) is 0 Å². The highest BCUT2D eigenvalue weighted by molar-refractivity contribution is 8.00. The molecule has 0 saturated carbocycles. The van der Waals surface area contributed by atoms with Crippen LogP contribution in [0, 0.1) is 0 Å². The summed E-state index contributed by atoms with van der Waals surface area (Å²) in [6, 6.07) is 0. The molecule has 0 aliphatic heterocycles. The average Bonchev–Trinajstić information content (AvgIpc) is 2.26. The molecule has 7 heteroatoms. The molecule has 0 amide bonds. The highest BCUT2D eigenvalue weighted by atomic mass is 32.2. The molecule has 0 radical (unpaired) electrons. The van der Waals surface area contributed by atoms with Crippen molar-refractivity contribution >= 4 is 27.6 Å². The number of methoxy groups -OCH3 is 1. The van der Waals surface area contributed by atoms with Crippen molar-refractivity contribution in [1.29, 1.82) is 0 Å². The van der Waals surface area contributed by atoms with Gasteiger partial charge in [-0.2, -0.15) is 11.8 Å². The smallest absolute Gasteiger partial charge is 0.325 e. The summed E-state index contributed by atoms with van der Waals surface area (Å²) < 4.78 is 26.7. The molecule has 0 aromatic heterocycles. The lowest BCUT2D eigenvalue weighted by molar-refractivity contribution is -0.147. The monoisotopic (exact) mass is 297 g/mol. The summed E-state index contributed by atoms with van der Waals surface area (Å²) in [5.74, 6) is 1.16. The number of sulfone groups is 1. The Morgan fingerprint density at radius 3 is 2.44 bits per heavy atom. The van der Waals surface area contributed by atoms with Gasteiger partial charge >= 0.3 is 5.97 Å². The summed E-state index contributed by atoms with van der Waals surface area (Å²) in [6.45, 7) is 4.41. The van der Waals surface area contributed by atoms with Crippen LogP contribution in [0.1, 0.15) is 20.3 Å². The van der Waals surface area contributed by atoms with Crippen molar-refractivity contribution < 1.29 is 17.9 Å². The molecule has 0 saturated heterocycles. The van der Waals surface area contributed by atoms with E-state index in [4.69, 9.17) is 4.74 Å². The zero-order chi connectivity index (χ0) is 14.2. The van der Waals surface area contributed by atoms with Crippen molar-refractivity contribution in [3.05, 3.63) is 0 Å². The Hall–Kier alpha value is -0.270. The molecule has 1 N–H and O–H groups in total. The predicted molar refractivity (Wildman–Crippen MR) is 75.8 cm³/mol. The summed E-state index contributed by atoms with van der Waals surface area (Å²) >= 11 is 1.53. The van der Waals surface area contributed by atoms with Crippen molar-refractivity contribution in [1.82, 2.24) is 5.32 Å². The molecule has 0 aromatic carbocycles. The van der Waals surface area contributed by atoms with Crippen LogP contribution in [0.5, 0.6) is 0 Å². The van der Waals surface area contributed by atoms with Gasteiger partial charge in [0.15, 0.2) is 0 Å². The van der Waals surface area contributed by atoms with Crippen LogP contribution < -0.4 is 5.32 Å². The lowest BCUT2D eigenvalue weighted by atomic mass is 9.99. The number of rotatable bonds is 9. The third kappa shape index (κ3) is 7.23. The van der Waals surface area contributed by atoms with Crippen LogP contribution in [-0.2, 0) is 19.4 Å². The molecule has 108 valence electrons. The van der Waals surface area contributed by atoms with E-state index in [9.17, 15) is 13.2 Å². The van der Waals surface area contributed by atoms with E-state index in [1.807, 2.05) is 6.92 Å². The zero-order valence-electron chi connectivity index (χ0n) is 11.5. The number of nitrogens with one attached hydrogen (secondary N) is 1. The van der Waals surface area contributed by atoms with Crippen molar-refractivity contribution in [2.45, 2.75) is 25.8 Å².